The number of nitrogens with two attached hydrogens (primary N) is 1. The number of benzene rings is 2. The van der Waals surface area contributed by atoms with Gasteiger partial charge in [0, 0.05) is 41.5 Å². The lowest BCUT2D eigenvalue weighted by atomic mass is 10.1. The molecule has 1 saturated heterocycles. The molecule has 5 heteroatoms. The van der Waals surface area contributed by atoms with Crippen molar-refractivity contribution in [2.45, 2.75) is 18.9 Å². The van der Waals surface area contributed by atoms with Crippen molar-refractivity contribution in [2.75, 3.05) is 26.2 Å². The summed E-state index contributed by atoms with van der Waals surface area (Å²) in [4.78, 5) is 6.83. The minimum Gasteiger partial charge on any atom is -0.492 e. The third-order valence-electron chi connectivity index (χ3n) is 5.35. The highest BCUT2D eigenvalue weighted by atomic mass is 35.5. The van der Waals surface area contributed by atoms with Crippen LogP contribution in [0.2, 0.25) is 5.02 Å². The van der Waals surface area contributed by atoms with Gasteiger partial charge in [-0.3, -0.25) is 4.90 Å². The molecule has 2 aromatic carbocycles. The minimum absolute atomic E-state index is 0.301. The van der Waals surface area contributed by atoms with E-state index in [-0.39, 0.29) is 0 Å². The van der Waals surface area contributed by atoms with E-state index in [9.17, 15) is 0 Å². The fourth-order valence-corrected chi connectivity index (χ4v) is 3.76. The van der Waals surface area contributed by atoms with Crippen molar-refractivity contribution in [3.05, 3.63) is 83.1 Å². The van der Waals surface area contributed by atoms with E-state index in [1.54, 1.807) is 0 Å². The lowest BCUT2D eigenvalue weighted by Crippen LogP contribution is -2.44. The quantitative estimate of drug-likeness (QED) is 0.599. The first-order valence-corrected chi connectivity index (χ1v) is 11.0. The van der Waals surface area contributed by atoms with E-state index in [1.165, 1.54) is 6.42 Å². The minimum atomic E-state index is 0.301. The predicted molar refractivity (Wildman–Crippen MR) is 126 cm³/mol. The number of nitrogens with zero attached hydrogens (tertiary/aromatic N) is 2. The fraction of sp³-hybridized carbons (Fsp3) is 0.269. The Labute approximate surface area is 189 Å². The summed E-state index contributed by atoms with van der Waals surface area (Å²) < 4.78 is 5.87. The summed E-state index contributed by atoms with van der Waals surface area (Å²) in [6.07, 6.45) is 4.13. The van der Waals surface area contributed by atoms with Crippen LogP contribution in [-0.2, 0) is 0 Å². The third-order valence-corrected chi connectivity index (χ3v) is 5.60. The van der Waals surface area contributed by atoms with Crippen LogP contribution in [0.5, 0.6) is 5.75 Å². The van der Waals surface area contributed by atoms with Crippen LogP contribution in [0.15, 0.2) is 66.9 Å². The number of likely N-dealkylation sites (tertiary alicyclic amines) is 1. The third kappa shape index (κ3) is 6.32. The van der Waals surface area contributed by atoms with Crippen LogP contribution in [-0.4, -0.2) is 42.2 Å². The molecule has 31 heavy (non-hydrogen) atoms. The highest BCUT2D eigenvalue weighted by Gasteiger charge is 2.15. The second kappa shape index (κ2) is 10.5. The van der Waals surface area contributed by atoms with Crippen molar-refractivity contribution >= 4 is 11.6 Å². The number of pyridine rings is 1. The molecule has 4 rings (SSSR count). The number of ether oxygens (including phenoxy) is 1. The average molecular weight is 432 g/mol. The van der Waals surface area contributed by atoms with Crippen LogP contribution in [0.25, 0.3) is 11.1 Å². The van der Waals surface area contributed by atoms with E-state index in [0.29, 0.717) is 12.6 Å². The first kappa shape index (κ1) is 21.4. The highest BCUT2D eigenvalue weighted by molar-refractivity contribution is 6.30. The zero-order valence-corrected chi connectivity index (χ0v) is 18.2. The van der Waals surface area contributed by atoms with Gasteiger partial charge in [0.15, 0.2) is 0 Å². The molecule has 4 nitrogen and oxygen atoms in total. The lowest BCUT2D eigenvalue weighted by molar-refractivity contribution is 0.171. The van der Waals surface area contributed by atoms with Crippen molar-refractivity contribution in [1.82, 2.24) is 9.88 Å². The molecule has 158 valence electrons. The monoisotopic (exact) mass is 431 g/mol. The fourth-order valence-electron chi connectivity index (χ4n) is 3.64. The molecule has 2 N–H and O–H groups in total. The molecule has 0 amide bonds. The van der Waals surface area contributed by atoms with E-state index in [0.717, 1.165) is 59.2 Å². The van der Waals surface area contributed by atoms with Crippen LogP contribution in [0.1, 0.15) is 24.1 Å². The van der Waals surface area contributed by atoms with Crippen molar-refractivity contribution in [3.8, 4) is 28.7 Å². The summed E-state index contributed by atoms with van der Waals surface area (Å²) in [6, 6.07) is 19.8. The molecule has 0 unspecified atom stereocenters. The zero-order valence-electron chi connectivity index (χ0n) is 17.4. The lowest BCUT2D eigenvalue weighted by Gasteiger charge is -2.30. The summed E-state index contributed by atoms with van der Waals surface area (Å²) in [5.74, 6) is 7.14. The van der Waals surface area contributed by atoms with Gasteiger partial charge in [-0.15, -0.1) is 0 Å². The Morgan fingerprint density at radius 3 is 2.48 bits per heavy atom. The molecular formula is C26H26ClN3O. The molecule has 1 aromatic heterocycles. The molecule has 0 spiro atoms. The molecule has 3 aromatic rings. The average Bonchev–Trinajstić information content (AvgIpc) is 2.80. The normalized spacial score (nSPS) is 16.4. The number of piperidine rings is 1. The molecule has 1 aliphatic rings. The van der Waals surface area contributed by atoms with Gasteiger partial charge in [0.05, 0.1) is 0 Å². The van der Waals surface area contributed by atoms with Gasteiger partial charge in [0.25, 0.3) is 0 Å². The Balaban J connectivity index is 1.29. The summed E-state index contributed by atoms with van der Waals surface area (Å²) in [5, 5.41) is 0.724. The Hall–Kier alpha value is -2.84. The second-order valence-electron chi connectivity index (χ2n) is 7.76. The van der Waals surface area contributed by atoms with Crippen LogP contribution >= 0.6 is 11.6 Å². The van der Waals surface area contributed by atoms with Crippen molar-refractivity contribution in [3.63, 3.8) is 0 Å². The van der Waals surface area contributed by atoms with Crippen LogP contribution < -0.4 is 10.5 Å². The number of rotatable bonds is 5. The molecule has 1 aliphatic heterocycles. The van der Waals surface area contributed by atoms with Crippen LogP contribution in [0.4, 0.5) is 0 Å². The van der Waals surface area contributed by atoms with E-state index < -0.39 is 0 Å². The molecular weight excluding hydrogens is 406 g/mol. The van der Waals surface area contributed by atoms with Gasteiger partial charge in [-0.1, -0.05) is 35.7 Å². The maximum Gasteiger partial charge on any atom is 0.119 e. The standard InChI is InChI=1S/C26H26ClN3O/c27-23-9-6-21(7-10-23)22-8-12-25(29-18-22)11-3-20-4-13-26(14-5-20)31-17-16-30-15-1-2-24(28)19-30/h4-10,12-14,18,24H,1-2,15-17,19,28H2/t24-/m1/s1. The number of aromatic nitrogens is 1. The number of hydrogen-bond donors (Lipinski definition) is 1. The van der Waals surface area contributed by atoms with Gasteiger partial charge in [-0.2, -0.15) is 0 Å². The Kier molecular flexibility index (Phi) is 7.22. The Morgan fingerprint density at radius 1 is 1.00 bits per heavy atom. The molecule has 1 atom stereocenters. The molecule has 0 saturated carbocycles. The topological polar surface area (TPSA) is 51.4 Å². The predicted octanol–water partition coefficient (Wildman–Crippen LogP) is 4.60. The van der Waals surface area contributed by atoms with E-state index in [4.69, 9.17) is 22.1 Å². The molecule has 2 heterocycles. The first-order valence-electron chi connectivity index (χ1n) is 10.6. The van der Waals surface area contributed by atoms with Gasteiger partial charge < -0.3 is 10.5 Å². The Bertz CT molecular complexity index is 1040. The van der Waals surface area contributed by atoms with Gasteiger partial charge in [0.1, 0.15) is 18.1 Å². The maximum atomic E-state index is 6.03. The molecule has 0 aliphatic carbocycles. The van der Waals surface area contributed by atoms with Gasteiger partial charge in [0.2, 0.25) is 0 Å². The van der Waals surface area contributed by atoms with E-state index >= 15 is 0 Å². The van der Waals surface area contributed by atoms with E-state index in [2.05, 4.69) is 21.7 Å². The summed E-state index contributed by atoms with van der Waals surface area (Å²) in [6.45, 7) is 3.65. The van der Waals surface area contributed by atoms with Crippen molar-refractivity contribution in [1.29, 1.82) is 0 Å². The van der Waals surface area contributed by atoms with Gasteiger partial charge in [-0.05, 0) is 73.3 Å². The highest BCUT2D eigenvalue weighted by Crippen LogP contribution is 2.20. The SMILES string of the molecule is N[C@@H]1CCCN(CCOc2ccc(C#Cc3ccc(-c4ccc(Cl)cc4)cn3)cc2)C1. The maximum absolute atomic E-state index is 6.03. The Morgan fingerprint density at radius 2 is 1.77 bits per heavy atom. The van der Waals surface area contributed by atoms with Crippen molar-refractivity contribution in [2.24, 2.45) is 5.73 Å². The molecule has 0 radical (unpaired) electrons. The summed E-state index contributed by atoms with van der Waals surface area (Å²) in [7, 11) is 0. The van der Waals surface area contributed by atoms with Crippen LogP contribution in [0.3, 0.4) is 0 Å². The smallest absolute Gasteiger partial charge is 0.119 e. The number of hydrogen-bond acceptors (Lipinski definition) is 4. The molecule has 1 fully saturated rings. The van der Waals surface area contributed by atoms with Gasteiger partial charge >= 0.3 is 0 Å². The van der Waals surface area contributed by atoms with Crippen LogP contribution in [0, 0.1) is 11.8 Å². The summed E-state index contributed by atoms with van der Waals surface area (Å²) >= 11 is 5.95. The van der Waals surface area contributed by atoms with Crippen molar-refractivity contribution < 1.29 is 4.74 Å². The van der Waals surface area contributed by atoms with E-state index in [1.807, 2.05) is 66.9 Å². The first-order chi connectivity index (χ1) is 15.2. The molecule has 0 bridgehead atoms. The summed E-state index contributed by atoms with van der Waals surface area (Å²) in [5.41, 5.74) is 9.81. The number of halogens is 1. The van der Waals surface area contributed by atoms with Gasteiger partial charge in [-0.25, -0.2) is 4.98 Å². The largest absolute Gasteiger partial charge is 0.492 e. The second-order valence-corrected chi connectivity index (χ2v) is 8.20. The zero-order chi connectivity index (χ0) is 21.5.